The van der Waals surface area contributed by atoms with Crippen molar-refractivity contribution in [3.05, 3.63) is 77.6 Å². The van der Waals surface area contributed by atoms with Crippen molar-refractivity contribution in [2.24, 2.45) is 0 Å². The minimum Gasteiger partial charge on any atom is -0.436 e. The first-order valence-electron chi connectivity index (χ1n) is 8.93. The summed E-state index contributed by atoms with van der Waals surface area (Å²) in [5.41, 5.74) is 0.787. The van der Waals surface area contributed by atoms with E-state index in [0.717, 1.165) is 29.5 Å². The molecule has 0 aliphatic carbocycles. The second-order valence-corrected chi connectivity index (χ2v) is 7.26. The van der Waals surface area contributed by atoms with Crippen molar-refractivity contribution in [3.8, 4) is 11.6 Å². The molecular weight excluding hydrogens is 415 g/mol. The number of halogens is 3. The Balaban J connectivity index is 1.54. The monoisotopic (exact) mass is 433 g/mol. The second-order valence-electron chi connectivity index (χ2n) is 6.29. The van der Waals surface area contributed by atoms with Gasteiger partial charge in [0.25, 0.3) is 5.88 Å². The summed E-state index contributed by atoms with van der Waals surface area (Å²) in [5, 5.41) is 3.14. The van der Waals surface area contributed by atoms with Crippen molar-refractivity contribution in [2.75, 3.05) is 5.75 Å². The standard InChI is InChI=1S/C21H18F3N3O2S/c1-14-4-2-3-5-17(14)29-19-20(26-11-10-25-19)30-13-18(28)27-12-15-6-8-16(9-7-15)21(22,23)24/h2-11H,12-13H2,1H3,(H,27,28). The Morgan fingerprint density at radius 1 is 1.07 bits per heavy atom. The Hall–Kier alpha value is -3.07. The van der Waals surface area contributed by atoms with E-state index in [9.17, 15) is 18.0 Å². The van der Waals surface area contributed by atoms with Crippen LogP contribution in [0.3, 0.4) is 0 Å². The zero-order chi connectivity index (χ0) is 21.6. The van der Waals surface area contributed by atoms with Gasteiger partial charge in [-0.3, -0.25) is 4.79 Å². The molecule has 0 unspecified atom stereocenters. The van der Waals surface area contributed by atoms with Gasteiger partial charge in [0, 0.05) is 18.9 Å². The number of thioether (sulfide) groups is 1. The normalized spacial score (nSPS) is 11.2. The average Bonchev–Trinajstić information content (AvgIpc) is 2.73. The van der Waals surface area contributed by atoms with Crippen LogP contribution >= 0.6 is 11.8 Å². The molecule has 0 atom stereocenters. The topological polar surface area (TPSA) is 64.1 Å². The Kier molecular flexibility index (Phi) is 6.94. The van der Waals surface area contributed by atoms with Crippen molar-refractivity contribution in [2.45, 2.75) is 24.7 Å². The van der Waals surface area contributed by atoms with E-state index < -0.39 is 11.7 Å². The number of ether oxygens (including phenoxy) is 1. The molecule has 2 aromatic carbocycles. The molecule has 0 saturated heterocycles. The number of amides is 1. The molecule has 1 aromatic heterocycles. The molecule has 1 N–H and O–H groups in total. The summed E-state index contributed by atoms with van der Waals surface area (Å²) in [6, 6.07) is 12.1. The Bertz CT molecular complexity index is 1010. The van der Waals surface area contributed by atoms with Crippen LogP contribution in [-0.2, 0) is 17.5 Å². The molecule has 3 aromatic rings. The van der Waals surface area contributed by atoms with Crippen molar-refractivity contribution in [1.82, 2.24) is 15.3 Å². The van der Waals surface area contributed by atoms with E-state index in [1.165, 1.54) is 24.5 Å². The number of hydrogen-bond donors (Lipinski definition) is 1. The lowest BCUT2D eigenvalue weighted by molar-refractivity contribution is -0.137. The van der Waals surface area contributed by atoms with Gasteiger partial charge in [0.2, 0.25) is 5.91 Å². The number of nitrogens with zero attached hydrogens (tertiary/aromatic N) is 2. The van der Waals surface area contributed by atoms with Crippen LogP contribution in [-0.4, -0.2) is 21.6 Å². The number of carbonyl (C=O) groups is 1. The first-order chi connectivity index (χ1) is 14.3. The number of para-hydroxylation sites is 1. The molecule has 30 heavy (non-hydrogen) atoms. The first-order valence-corrected chi connectivity index (χ1v) is 9.91. The average molecular weight is 433 g/mol. The molecule has 1 heterocycles. The van der Waals surface area contributed by atoms with Gasteiger partial charge < -0.3 is 10.1 Å². The number of hydrogen-bond acceptors (Lipinski definition) is 5. The van der Waals surface area contributed by atoms with E-state index in [0.29, 0.717) is 22.2 Å². The van der Waals surface area contributed by atoms with Crippen LogP contribution in [0.5, 0.6) is 11.6 Å². The molecule has 0 fully saturated rings. The van der Waals surface area contributed by atoms with Gasteiger partial charge >= 0.3 is 6.18 Å². The van der Waals surface area contributed by atoms with Gasteiger partial charge in [-0.2, -0.15) is 13.2 Å². The minimum atomic E-state index is -4.38. The van der Waals surface area contributed by atoms with Gasteiger partial charge in [-0.15, -0.1) is 0 Å². The lowest BCUT2D eigenvalue weighted by Crippen LogP contribution is -2.24. The maximum Gasteiger partial charge on any atom is 0.416 e. The maximum atomic E-state index is 12.6. The Morgan fingerprint density at radius 2 is 1.77 bits per heavy atom. The van der Waals surface area contributed by atoms with Crippen molar-refractivity contribution in [3.63, 3.8) is 0 Å². The largest absolute Gasteiger partial charge is 0.436 e. The summed E-state index contributed by atoms with van der Waals surface area (Å²) in [4.78, 5) is 20.5. The summed E-state index contributed by atoms with van der Waals surface area (Å²) in [7, 11) is 0. The first kappa shape index (κ1) is 21.6. The summed E-state index contributed by atoms with van der Waals surface area (Å²) in [6.07, 6.45) is -1.37. The van der Waals surface area contributed by atoms with Crippen LogP contribution in [0.1, 0.15) is 16.7 Å². The molecule has 9 heteroatoms. The SMILES string of the molecule is Cc1ccccc1Oc1nccnc1SCC(=O)NCc1ccc(C(F)(F)F)cc1. The van der Waals surface area contributed by atoms with Crippen LogP contribution in [0, 0.1) is 6.92 Å². The Morgan fingerprint density at radius 3 is 2.47 bits per heavy atom. The highest BCUT2D eigenvalue weighted by Crippen LogP contribution is 2.30. The van der Waals surface area contributed by atoms with E-state index in [2.05, 4.69) is 15.3 Å². The van der Waals surface area contributed by atoms with Crippen LogP contribution in [0.25, 0.3) is 0 Å². The third-order valence-electron chi connectivity index (χ3n) is 4.04. The third kappa shape index (κ3) is 5.96. The molecule has 0 aliphatic rings. The highest BCUT2D eigenvalue weighted by Gasteiger charge is 2.29. The number of alkyl halides is 3. The van der Waals surface area contributed by atoms with E-state index in [-0.39, 0.29) is 18.2 Å². The van der Waals surface area contributed by atoms with Gasteiger partial charge in [0.15, 0.2) is 5.03 Å². The summed E-state index contributed by atoms with van der Waals surface area (Å²) in [6.45, 7) is 2.04. The van der Waals surface area contributed by atoms with Gasteiger partial charge in [0.1, 0.15) is 5.75 Å². The van der Waals surface area contributed by atoms with Gasteiger partial charge in [0.05, 0.1) is 11.3 Å². The molecule has 0 radical (unpaired) electrons. The zero-order valence-corrected chi connectivity index (χ0v) is 16.8. The zero-order valence-electron chi connectivity index (χ0n) is 15.9. The van der Waals surface area contributed by atoms with Crippen LogP contribution in [0.2, 0.25) is 0 Å². The summed E-state index contributed by atoms with van der Waals surface area (Å²) in [5.74, 6) is 0.718. The van der Waals surface area contributed by atoms with Crippen LogP contribution in [0.4, 0.5) is 13.2 Å². The smallest absolute Gasteiger partial charge is 0.416 e. The lowest BCUT2D eigenvalue weighted by Gasteiger charge is -2.11. The number of rotatable bonds is 7. The van der Waals surface area contributed by atoms with Crippen molar-refractivity contribution >= 4 is 17.7 Å². The number of aryl methyl sites for hydroxylation is 1. The lowest BCUT2D eigenvalue weighted by atomic mass is 10.1. The molecule has 0 bridgehead atoms. The molecular formula is C21H18F3N3O2S. The Labute approximate surface area is 175 Å². The minimum absolute atomic E-state index is 0.0590. The van der Waals surface area contributed by atoms with E-state index in [1.54, 1.807) is 0 Å². The fourth-order valence-electron chi connectivity index (χ4n) is 2.45. The fraction of sp³-hybridized carbons (Fsp3) is 0.190. The van der Waals surface area contributed by atoms with Crippen molar-refractivity contribution < 1.29 is 22.7 Å². The molecule has 1 amide bonds. The number of carbonyl (C=O) groups excluding carboxylic acids is 1. The van der Waals surface area contributed by atoms with E-state index in [1.807, 2.05) is 31.2 Å². The predicted octanol–water partition coefficient (Wildman–Crippen LogP) is 5.00. The number of benzene rings is 2. The summed E-state index contributed by atoms with van der Waals surface area (Å²) >= 11 is 1.16. The molecule has 3 rings (SSSR count). The molecule has 0 spiro atoms. The second kappa shape index (κ2) is 9.62. The third-order valence-corrected chi connectivity index (χ3v) is 5.00. The van der Waals surface area contributed by atoms with Gasteiger partial charge in [-0.25, -0.2) is 9.97 Å². The van der Waals surface area contributed by atoms with Crippen LogP contribution in [0.15, 0.2) is 66.0 Å². The highest BCUT2D eigenvalue weighted by atomic mass is 32.2. The maximum absolute atomic E-state index is 12.6. The quantitative estimate of drug-likeness (QED) is 0.531. The number of aromatic nitrogens is 2. The van der Waals surface area contributed by atoms with Crippen LogP contribution < -0.4 is 10.1 Å². The molecule has 156 valence electrons. The highest BCUT2D eigenvalue weighted by molar-refractivity contribution is 8.00. The number of nitrogens with one attached hydrogen (secondary N) is 1. The molecule has 5 nitrogen and oxygen atoms in total. The van der Waals surface area contributed by atoms with Gasteiger partial charge in [-0.1, -0.05) is 42.1 Å². The summed E-state index contributed by atoms with van der Waals surface area (Å²) < 4.78 is 43.6. The molecule has 0 saturated carbocycles. The van der Waals surface area contributed by atoms with E-state index >= 15 is 0 Å². The fourth-order valence-corrected chi connectivity index (χ4v) is 3.18. The molecule has 0 aliphatic heterocycles. The predicted molar refractivity (Wildman–Crippen MR) is 107 cm³/mol. The van der Waals surface area contributed by atoms with Crippen molar-refractivity contribution in [1.29, 1.82) is 0 Å². The van der Waals surface area contributed by atoms with Gasteiger partial charge in [-0.05, 0) is 36.2 Å². The van der Waals surface area contributed by atoms with E-state index in [4.69, 9.17) is 4.74 Å².